The lowest BCUT2D eigenvalue weighted by Crippen LogP contribution is -1.95. The van der Waals surface area contributed by atoms with Crippen molar-refractivity contribution < 1.29 is 4.42 Å². The van der Waals surface area contributed by atoms with Gasteiger partial charge in [-0.05, 0) is 24.3 Å². The van der Waals surface area contributed by atoms with Gasteiger partial charge in [-0.3, -0.25) is 0 Å². The summed E-state index contributed by atoms with van der Waals surface area (Å²) >= 11 is 1.42. The Morgan fingerprint density at radius 3 is 3.06 bits per heavy atom. The molecule has 0 N–H and O–H groups in total. The van der Waals surface area contributed by atoms with E-state index in [2.05, 4.69) is 21.2 Å². The minimum absolute atomic E-state index is 0.535. The van der Waals surface area contributed by atoms with E-state index < -0.39 is 0 Å². The van der Waals surface area contributed by atoms with Crippen molar-refractivity contribution in [1.82, 2.24) is 19.8 Å². The fourth-order valence-electron chi connectivity index (χ4n) is 1.52. The number of fused-ring (bicyclic) bond motifs is 1. The van der Waals surface area contributed by atoms with Gasteiger partial charge in [0.15, 0.2) is 11.4 Å². The Morgan fingerprint density at radius 2 is 2.28 bits per heavy atom. The van der Waals surface area contributed by atoms with Crippen LogP contribution in [-0.4, -0.2) is 25.6 Å². The molecule has 18 heavy (non-hydrogen) atoms. The number of hydrogen-bond donors (Lipinski definition) is 0. The van der Waals surface area contributed by atoms with Crippen LogP contribution in [0.1, 0.15) is 0 Å². The highest BCUT2D eigenvalue weighted by atomic mass is 32.2. The zero-order chi connectivity index (χ0) is 12.4. The molecule has 0 saturated heterocycles. The first-order valence-corrected chi connectivity index (χ1v) is 6.19. The Labute approximate surface area is 107 Å². The first-order chi connectivity index (χ1) is 8.88. The van der Waals surface area contributed by atoms with Gasteiger partial charge in [0.1, 0.15) is 5.69 Å². The summed E-state index contributed by atoms with van der Waals surface area (Å²) in [4.78, 5) is 0. The van der Waals surface area contributed by atoms with E-state index in [9.17, 15) is 0 Å². The number of terminal acetylenes is 1. The molecule has 3 rings (SSSR count). The van der Waals surface area contributed by atoms with Crippen LogP contribution in [0.25, 0.3) is 17.1 Å². The Hall–Kier alpha value is -2.26. The predicted octanol–water partition coefficient (Wildman–Crippen LogP) is 2.11. The molecule has 0 aromatic carbocycles. The smallest absolute Gasteiger partial charge is 0.213 e. The van der Waals surface area contributed by atoms with Gasteiger partial charge in [0.25, 0.3) is 0 Å². The van der Waals surface area contributed by atoms with Gasteiger partial charge in [0, 0.05) is 0 Å². The van der Waals surface area contributed by atoms with Crippen molar-refractivity contribution in [1.29, 1.82) is 0 Å². The highest BCUT2D eigenvalue weighted by Gasteiger charge is 2.09. The lowest BCUT2D eigenvalue weighted by atomic mass is 10.3. The number of furan rings is 1. The zero-order valence-electron chi connectivity index (χ0n) is 9.28. The summed E-state index contributed by atoms with van der Waals surface area (Å²) in [5.41, 5.74) is 1.42. The molecule has 0 aliphatic carbocycles. The van der Waals surface area contributed by atoms with E-state index in [1.807, 2.05) is 24.3 Å². The Morgan fingerprint density at radius 1 is 1.33 bits per heavy atom. The monoisotopic (exact) mass is 256 g/mol. The van der Waals surface area contributed by atoms with Crippen LogP contribution in [0.4, 0.5) is 0 Å². The molecule has 0 fully saturated rings. The molecule has 0 aliphatic rings. The van der Waals surface area contributed by atoms with E-state index in [0.717, 1.165) is 5.69 Å². The van der Waals surface area contributed by atoms with Gasteiger partial charge < -0.3 is 4.42 Å². The second-order valence-corrected chi connectivity index (χ2v) is 4.38. The predicted molar refractivity (Wildman–Crippen MR) is 68.0 cm³/mol. The molecule has 3 aromatic heterocycles. The summed E-state index contributed by atoms with van der Waals surface area (Å²) in [6.45, 7) is 0. The van der Waals surface area contributed by atoms with Crippen LogP contribution < -0.4 is 0 Å². The van der Waals surface area contributed by atoms with Gasteiger partial charge in [0.2, 0.25) is 5.16 Å². The average molecular weight is 256 g/mol. The maximum atomic E-state index is 5.31. The van der Waals surface area contributed by atoms with Gasteiger partial charge in [-0.15, -0.1) is 16.6 Å². The van der Waals surface area contributed by atoms with Gasteiger partial charge in [-0.2, -0.15) is 9.61 Å². The first kappa shape index (κ1) is 10.9. The second kappa shape index (κ2) is 4.55. The van der Waals surface area contributed by atoms with Gasteiger partial charge in [-0.1, -0.05) is 17.7 Å². The molecule has 0 amide bonds. The first-order valence-electron chi connectivity index (χ1n) is 5.21. The molecule has 0 spiro atoms. The molecule has 6 heteroatoms. The average Bonchev–Trinajstić information content (AvgIpc) is 3.05. The summed E-state index contributed by atoms with van der Waals surface area (Å²) in [6, 6.07) is 7.37. The molecule has 0 unspecified atom stereocenters. The molecule has 0 saturated carbocycles. The van der Waals surface area contributed by atoms with Gasteiger partial charge in [-0.25, -0.2) is 0 Å². The van der Waals surface area contributed by atoms with Crippen LogP contribution in [0, 0.1) is 12.3 Å². The summed E-state index contributed by atoms with van der Waals surface area (Å²) in [5, 5.41) is 13.2. The SMILES string of the molecule is C#CCSc1nnc2ccc(-c3ccco3)nn12. The largest absolute Gasteiger partial charge is 0.463 e. The quantitative estimate of drug-likeness (QED) is 0.530. The van der Waals surface area contributed by atoms with Crippen LogP contribution in [0.2, 0.25) is 0 Å². The molecule has 0 radical (unpaired) electrons. The number of aromatic nitrogens is 4. The van der Waals surface area contributed by atoms with E-state index >= 15 is 0 Å². The van der Waals surface area contributed by atoms with Crippen LogP contribution in [0.15, 0.2) is 40.1 Å². The lowest BCUT2D eigenvalue weighted by Gasteiger charge is -1.99. The number of rotatable bonds is 3. The van der Waals surface area contributed by atoms with Crippen molar-refractivity contribution in [3.63, 3.8) is 0 Å². The van der Waals surface area contributed by atoms with E-state index in [-0.39, 0.29) is 0 Å². The summed E-state index contributed by atoms with van der Waals surface area (Å²) in [5.74, 6) is 3.79. The highest BCUT2D eigenvalue weighted by Crippen LogP contribution is 2.20. The molecule has 88 valence electrons. The van der Waals surface area contributed by atoms with Crippen molar-refractivity contribution >= 4 is 17.4 Å². The lowest BCUT2D eigenvalue weighted by molar-refractivity contribution is 0.577. The van der Waals surface area contributed by atoms with Crippen LogP contribution in [-0.2, 0) is 0 Å². The van der Waals surface area contributed by atoms with E-state index in [4.69, 9.17) is 10.8 Å². The highest BCUT2D eigenvalue weighted by molar-refractivity contribution is 7.99. The molecular formula is C12H8N4OS. The van der Waals surface area contributed by atoms with E-state index in [0.29, 0.717) is 22.3 Å². The van der Waals surface area contributed by atoms with Crippen molar-refractivity contribution in [2.24, 2.45) is 0 Å². The fourth-order valence-corrected chi connectivity index (χ4v) is 2.09. The minimum Gasteiger partial charge on any atom is -0.463 e. The standard InChI is InChI=1S/C12H8N4OS/c1-2-8-18-12-14-13-11-6-5-9(15-16(11)12)10-4-3-7-17-10/h1,3-7H,8H2. The Bertz CT molecular complexity index is 711. The Kier molecular flexibility index (Phi) is 2.74. The molecule has 5 nitrogen and oxygen atoms in total. The molecule has 3 aromatic rings. The molecule has 3 heterocycles. The van der Waals surface area contributed by atoms with Crippen molar-refractivity contribution in [3.8, 4) is 23.8 Å². The topological polar surface area (TPSA) is 56.2 Å². The number of thioether (sulfide) groups is 1. The summed E-state index contributed by atoms with van der Waals surface area (Å²) in [7, 11) is 0. The fraction of sp³-hybridized carbons (Fsp3) is 0.0833. The molecular weight excluding hydrogens is 248 g/mol. The summed E-state index contributed by atoms with van der Waals surface area (Å²) in [6.07, 6.45) is 6.85. The maximum Gasteiger partial charge on any atom is 0.213 e. The molecule has 0 atom stereocenters. The zero-order valence-corrected chi connectivity index (χ0v) is 10.1. The normalized spacial score (nSPS) is 10.6. The third-order valence-corrected chi connectivity index (χ3v) is 3.12. The van der Waals surface area contributed by atoms with Crippen LogP contribution in [0.3, 0.4) is 0 Å². The molecule has 0 aliphatic heterocycles. The summed E-state index contributed by atoms with van der Waals surface area (Å²) < 4.78 is 6.98. The number of hydrogen-bond acceptors (Lipinski definition) is 5. The number of nitrogens with zero attached hydrogens (tertiary/aromatic N) is 4. The molecule has 0 bridgehead atoms. The van der Waals surface area contributed by atoms with Crippen molar-refractivity contribution in [3.05, 3.63) is 30.5 Å². The minimum atomic E-state index is 0.535. The third kappa shape index (κ3) is 1.85. The van der Waals surface area contributed by atoms with E-state index in [1.165, 1.54) is 11.8 Å². The third-order valence-electron chi connectivity index (χ3n) is 2.29. The second-order valence-electron chi connectivity index (χ2n) is 3.44. The van der Waals surface area contributed by atoms with Crippen LogP contribution >= 0.6 is 11.8 Å². The van der Waals surface area contributed by atoms with Crippen LogP contribution in [0.5, 0.6) is 0 Å². The van der Waals surface area contributed by atoms with Crippen molar-refractivity contribution in [2.45, 2.75) is 5.16 Å². The maximum absolute atomic E-state index is 5.31. The van der Waals surface area contributed by atoms with Gasteiger partial charge in [0.05, 0.1) is 12.0 Å². The van der Waals surface area contributed by atoms with Gasteiger partial charge >= 0.3 is 0 Å². The van der Waals surface area contributed by atoms with E-state index in [1.54, 1.807) is 10.8 Å². The Balaban J connectivity index is 2.07. The van der Waals surface area contributed by atoms with Crippen molar-refractivity contribution in [2.75, 3.05) is 5.75 Å².